The second-order valence-electron chi connectivity index (χ2n) is 5.59. The van der Waals surface area contributed by atoms with Crippen LogP contribution < -0.4 is 4.72 Å². The van der Waals surface area contributed by atoms with Crippen molar-refractivity contribution in [2.24, 2.45) is 23.7 Å². The van der Waals surface area contributed by atoms with Gasteiger partial charge in [0.25, 0.3) is 0 Å². The van der Waals surface area contributed by atoms with E-state index >= 15 is 0 Å². The summed E-state index contributed by atoms with van der Waals surface area (Å²) in [4.78, 5) is 0. The molecule has 16 heavy (non-hydrogen) atoms. The average Bonchev–Trinajstić information content (AvgIpc) is 2.90. The van der Waals surface area contributed by atoms with Crippen molar-refractivity contribution in [3.05, 3.63) is 12.0 Å². The van der Waals surface area contributed by atoms with Gasteiger partial charge < -0.3 is 0 Å². The fraction of sp³-hybridized carbons (Fsp3) is 0.833. The van der Waals surface area contributed by atoms with Crippen LogP contribution in [0.3, 0.4) is 0 Å². The highest BCUT2D eigenvalue weighted by Crippen LogP contribution is 2.58. The zero-order valence-electron chi connectivity index (χ0n) is 9.43. The van der Waals surface area contributed by atoms with Gasteiger partial charge in [-0.05, 0) is 55.8 Å². The standard InChI is InChI=1S/C12H19NO2S/c1-2-16(14,15)13-11-6-5-10-8-3-4-9(7-8)12(10)11/h2,8-13H,1,3-7H2/t8-,9+,10-,11?,12+/m1/s1. The SMILES string of the molecule is C=CS(=O)(=O)NC1CC[C@@H]2[C@@H]3CC[C@@H](C3)[C@H]12. The minimum Gasteiger partial charge on any atom is -0.208 e. The number of nitrogens with one attached hydrogen (secondary N) is 1. The summed E-state index contributed by atoms with van der Waals surface area (Å²) in [5.74, 6) is 3.10. The molecule has 0 aliphatic heterocycles. The van der Waals surface area contributed by atoms with Crippen LogP contribution in [0, 0.1) is 23.7 Å². The van der Waals surface area contributed by atoms with Gasteiger partial charge in [-0.2, -0.15) is 0 Å². The molecule has 0 aromatic carbocycles. The van der Waals surface area contributed by atoms with E-state index in [2.05, 4.69) is 11.3 Å². The summed E-state index contributed by atoms with van der Waals surface area (Å²) in [6.07, 6.45) is 6.29. The lowest BCUT2D eigenvalue weighted by Crippen LogP contribution is -2.39. The lowest BCUT2D eigenvalue weighted by molar-refractivity contribution is 0.237. The first-order chi connectivity index (χ1) is 7.61. The van der Waals surface area contributed by atoms with Gasteiger partial charge in [0.15, 0.2) is 0 Å². The normalized spacial score (nSPS) is 45.9. The molecular weight excluding hydrogens is 222 g/mol. The van der Waals surface area contributed by atoms with Crippen molar-refractivity contribution >= 4 is 10.0 Å². The smallest absolute Gasteiger partial charge is 0.208 e. The van der Waals surface area contributed by atoms with E-state index in [0.29, 0.717) is 5.92 Å². The topological polar surface area (TPSA) is 46.2 Å². The van der Waals surface area contributed by atoms with E-state index in [4.69, 9.17) is 0 Å². The molecular formula is C12H19NO2S. The largest absolute Gasteiger partial charge is 0.233 e. The Balaban J connectivity index is 1.77. The zero-order valence-corrected chi connectivity index (χ0v) is 10.2. The fourth-order valence-electron chi connectivity index (χ4n) is 4.47. The molecule has 0 aromatic rings. The minimum absolute atomic E-state index is 0.184. The van der Waals surface area contributed by atoms with E-state index < -0.39 is 10.0 Å². The third-order valence-corrected chi connectivity index (χ3v) is 6.04. The molecule has 0 radical (unpaired) electrons. The molecule has 90 valence electrons. The zero-order chi connectivity index (χ0) is 11.3. The predicted octanol–water partition coefficient (Wildman–Crippen LogP) is 1.87. The Kier molecular flexibility index (Phi) is 2.41. The molecule has 3 saturated carbocycles. The van der Waals surface area contributed by atoms with Crippen molar-refractivity contribution < 1.29 is 8.42 Å². The molecule has 3 fully saturated rings. The Hall–Kier alpha value is -0.350. The van der Waals surface area contributed by atoms with Crippen LogP contribution >= 0.6 is 0 Å². The molecule has 1 N–H and O–H groups in total. The highest BCUT2D eigenvalue weighted by molar-refractivity contribution is 7.92. The van der Waals surface area contributed by atoms with Crippen LogP contribution in [0.1, 0.15) is 32.1 Å². The monoisotopic (exact) mass is 241 g/mol. The number of rotatable bonds is 3. The Morgan fingerprint density at radius 3 is 2.62 bits per heavy atom. The van der Waals surface area contributed by atoms with Gasteiger partial charge >= 0.3 is 0 Å². The first-order valence-electron chi connectivity index (χ1n) is 6.25. The van der Waals surface area contributed by atoms with Gasteiger partial charge in [-0.25, -0.2) is 13.1 Å². The van der Waals surface area contributed by atoms with Gasteiger partial charge in [0, 0.05) is 11.4 Å². The van der Waals surface area contributed by atoms with Crippen molar-refractivity contribution in [1.29, 1.82) is 0 Å². The molecule has 0 spiro atoms. The van der Waals surface area contributed by atoms with E-state index in [9.17, 15) is 8.42 Å². The summed E-state index contributed by atoms with van der Waals surface area (Å²) in [7, 11) is -3.24. The van der Waals surface area contributed by atoms with E-state index in [1.54, 1.807) is 0 Å². The highest BCUT2D eigenvalue weighted by Gasteiger charge is 2.53. The maximum Gasteiger partial charge on any atom is 0.233 e. The predicted molar refractivity (Wildman–Crippen MR) is 63.1 cm³/mol. The molecule has 4 heteroatoms. The van der Waals surface area contributed by atoms with Crippen LogP contribution in [0.15, 0.2) is 12.0 Å². The summed E-state index contributed by atoms with van der Waals surface area (Å²) in [5.41, 5.74) is 0. The van der Waals surface area contributed by atoms with Crippen molar-refractivity contribution in [2.45, 2.75) is 38.1 Å². The van der Waals surface area contributed by atoms with E-state index in [0.717, 1.165) is 29.6 Å². The van der Waals surface area contributed by atoms with E-state index in [1.165, 1.54) is 25.7 Å². The van der Waals surface area contributed by atoms with Crippen LogP contribution in [-0.2, 0) is 10.0 Å². The van der Waals surface area contributed by atoms with Gasteiger partial charge in [-0.3, -0.25) is 0 Å². The summed E-state index contributed by atoms with van der Waals surface area (Å²) >= 11 is 0. The first-order valence-corrected chi connectivity index (χ1v) is 7.80. The van der Waals surface area contributed by atoms with Crippen LogP contribution in [0.2, 0.25) is 0 Å². The Morgan fingerprint density at radius 1 is 1.12 bits per heavy atom. The molecule has 0 aromatic heterocycles. The number of sulfonamides is 1. The van der Waals surface area contributed by atoms with Crippen molar-refractivity contribution in [2.75, 3.05) is 0 Å². The summed E-state index contributed by atoms with van der Waals surface area (Å²) in [6.45, 7) is 3.36. The maximum absolute atomic E-state index is 11.5. The maximum atomic E-state index is 11.5. The first kappa shape index (κ1) is 10.8. The molecule has 2 bridgehead atoms. The second kappa shape index (κ2) is 3.57. The molecule has 0 saturated heterocycles. The lowest BCUT2D eigenvalue weighted by Gasteiger charge is -2.28. The van der Waals surface area contributed by atoms with Crippen molar-refractivity contribution in [3.63, 3.8) is 0 Å². The van der Waals surface area contributed by atoms with Crippen LogP contribution in [-0.4, -0.2) is 14.5 Å². The van der Waals surface area contributed by atoms with Crippen molar-refractivity contribution in [1.82, 2.24) is 4.72 Å². The Labute approximate surface area is 97.4 Å². The quantitative estimate of drug-likeness (QED) is 0.820. The summed E-state index contributed by atoms with van der Waals surface area (Å²) < 4.78 is 25.9. The van der Waals surface area contributed by atoms with E-state index in [-0.39, 0.29) is 6.04 Å². The Bertz CT molecular complexity index is 403. The molecule has 0 amide bonds. The minimum atomic E-state index is -3.24. The summed E-state index contributed by atoms with van der Waals surface area (Å²) in [6, 6.07) is 0.184. The van der Waals surface area contributed by atoms with Crippen molar-refractivity contribution in [3.8, 4) is 0 Å². The Morgan fingerprint density at radius 2 is 1.88 bits per heavy atom. The van der Waals surface area contributed by atoms with Gasteiger partial charge in [-0.15, -0.1) is 0 Å². The van der Waals surface area contributed by atoms with Crippen LogP contribution in [0.25, 0.3) is 0 Å². The number of hydrogen-bond acceptors (Lipinski definition) is 2. The third kappa shape index (κ3) is 1.54. The van der Waals surface area contributed by atoms with Gasteiger partial charge in [0.1, 0.15) is 0 Å². The average molecular weight is 241 g/mol. The van der Waals surface area contributed by atoms with Gasteiger partial charge in [-0.1, -0.05) is 6.58 Å². The molecule has 1 unspecified atom stereocenters. The molecule has 0 heterocycles. The van der Waals surface area contributed by atoms with E-state index in [1.807, 2.05) is 0 Å². The molecule has 3 aliphatic rings. The molecule has 3 rings (SSSR count). The lowest BCUT2D eigenvalue weighted by atomic mass is 9.80. The molecule has 5 atom stereocenters. The number of hydrogen-bond donors (Lipinski definition) is 1. The highest BCUT2D eigenvalue weighted by atomic mass is 32.2. The van der Waals surface area contributed by atoms with Crippen LogP contribution in [0.5, 0.6) is 0 Å². The summed E-state index contributed by atoms with van der Waals surface area (Å²) in [5, 5.41) is 1.04. The third-order valence-electron chi connectivity index (χ3n) is 4.97. The number of fused-ring (bicyclic) bond motifs is 5. The molecule has 3 aliphatic carbocycles. The molecule has 3 nitrogen and oxygen atoms in total. The second-order valence-corrected chi connectivity index (χ2v) is 7.25. The van der Waals surface area contributed by atoms with Crippen LogP contribution in [0.4, 0.5) is 0 Å². The fourth-order valence-corrected chi connectivity index (χ4v) is 5.26. The van der Waals surface area contributed by atoms with Gasteiger partial charge in [0.2, 0.25) is 10.0 Å². The van der Waals surface area contributed by atoms with Gasteiger partial charge in [0.05, 0.1) is 0 Å².